The van der Waals surface area contributed by atoms with Crippen LogP contribution in [0, 0.1) is 0 Å². The zero-order valence-corrected chi connectivity index (χ0v) is 9.96. The quantitative estimate of drug-likeness (QED) is 0.727. The Morgan fingerprint density at radius 1 is 1.40 bits per heavy atom. The van der Waals surface area contributed by atoms with Crippen LogP contribution in [0.5, 0.6) is 0 Å². The number of piperidine rings is 2. The summed E-state index contributed by atoms with van der Waals surface area (Å²) in [4.78, 5) is 13.7. The van der Waals surface area contributed by atoms with Gasteiger partial charge in [-0.2, -0.15) is 0 Å². The molecular formula is C11H19ClN2O. The molecule has 0 aromatic rings. The van der Waals surface area contributed by atoms with Gasteiger partial charge in [0.15, 0.2) is 0 Å². The number of alkyl halides is 1. The molecule has 1 amide bonds. The maximum absolute atomic E-state index is 11.2. The number of carbonyl (C=O) groups is 1. The zero-order valence-electron chi connectivity index (χ0n) is 9.21. The molecule has 4 heteroatoms. The molecule has 0 spiro atoms. The molecule has 2 bridgehead atoms. The van der Waals surface area contributed by atoms with Gasteiger partial charge in [0, 0.05) is 18.1 Å². The molecule has 2 unspecified atom stereocenters. The first-order valence-electron chi connectivity index (χ1n) is 5.78. The number of hydrogen-bond acceptors (Lipinski definition) is 2. The summed E-state index contributed by atoms with van der Waals surface area (Å²) in [6, 6.07) is 1.68. The molecular weight excluding hydrogens is 212 g/mol. The Morgan fingerprint density at radius 2 is 2.00 bits per heavy atom. The van der Waals surface area contributed by atoms with Gasteiger partial charge in [-0.15, -0.1) is 11.6 Å². The fourth-order valence-electron chi connectivity index (χ4n) is 3.00. The van der Waals surface area contributed by atoms with Crippen molar-refractivity contribution in [2.24, 2.45) is 0 Å². The SMILES string of the molecule is CN1C2CCCC1CC(NC(=O)CCl)C2. The van der Waals surface area contributed by atoms with E-state index in [0.29, 0.717) is 18.1 Å². The van der Waals surface area contributed by atoms with Crippen molar-refractivity contribution in [3.8, 4) is 0 Å². The third-order valence-corrected chi connectivity index (χ3v) is 4.07. The predicted octanol–water partition coefficient (Wildman–Crippen LogP) is 1.36. The van der Waals surface area contributed by atoms with E-state index in [4.69, 9.17) is 11.6 Å². The van der Waals surface area contributed by atoms with Gasteiger partial charge in [-0.3, -0.25) is 4.79 Å². The number of rotatable bonds is 2. The molecule has 0 aliphatic carbocycles. The Balaban J connectivity index is 1.92. The summed E-state index contributed by atoms with van der Waals surface area (Å²) in [6.07, 6.45) is 6.08. The van der Waals surface area contributed by atoms with Crippen LogP contribution in [0.2, 0.25) is 0 Å². The monoisotopic (exact) mass is 230 g/mol. The number of carbonyl (C=O) groups excluding carboxylic acids is 1. The van der Waals surface area contributed by atoms with Gasteiger partial charge in [0.1, 0.15) is 5.88 Å². The normalized spacial score (nSPS) is 36.3. The second-order valence-electron chi connectivity index (χ2n) is 4.77. The molecule has 1 N–H and O–H groups in total. The van der Waals surface area contributed by atoms with Gasteiger partial charge in [0.05, 0.1) is 0 Å². The molecule has 2 rings (SSSR count). The minimum absolute atomic E-state index is 0.0238. The number of fused-ring (bicyclic) bond motifs is 2. The number of nitrogens with zero attached hydrogens (tertiary/aromatic N) is 1. The Kier molecular flexibility index (Phi) is 3.52. The molecule has 2 atom stereocenters. The van der Waals surface area contributed by atoms with Crippen LogP contribution in [0.4, 0.5) is 0 Å². The topological polar surface area (TPSA) is 32.3 Å². The highest BCUT2D eigenvalue weighted by Crippen LogP contribution is 2.32. The van der Waals surface area contributed by atoms with E-state index in [9.17, 15) is 4.79 Å². The lowest BCUT2D eigenvalue weighted by Gasteiger charge is -2.47. The van der Waals surface area contributed by atoms with E-state index in [0.717, 1.165) is 12.8 Å². The fourth-order valence-corrected chi connectivity index (χ4v) is 3.08. The largest absolute Gasteiger partial charge is 0.352 e. The van der Waals surface area contributed by atoms with Crippen LogP contribution in [0.1, 0.15) is 32.1 Å². The highest BCUT2D eigenvalue weighted by molar-refractivity contribution is 6.27. The Morgan fingerprint density at radius 3 is 2.53 bits per heavy atom. The smallest absolute Gasteiger partial charge is 0.235 e. The summed E-state index contributed by atoms with van der Waals surface area (Å²) in [7, 11) is 2.22. The van der Waals surface area contributed by atoms with Gasteiger partial charge in [0.2, 0.25) is 5.91 Å². The number of amides is 1. The van der Waals surface area contributed by atoms with Crippen LogP contribution in [0.25, 0.3) is 0 Å². The van der Waals surface area contributed by atoms with Gasteiger partial charge < -0.3 is 10.2 Å². The Hall–Kier alpha value is -0.280. The molecule has 86 valence electrons. The van der Waals surface area contributed by atoms with Gasteiger partial charge in [0.25, 0.3) is 0 Å². The van der Waals surface area contributed by atoms with Crippen molar-refractivity contribution < 1.29 is 4.79 Å². The van der Waals surface area contributed by atoms with Gasteiger partial charge in [-0.05, 0) is 32.7 Å². The molecule has 0 saturated carbocycles. The number of halogens is 1. The summed E-state index contributed by atoms with van der Waals surface area (Å²) < 4.78 is 0. The first-order chi connectivity index (χ1) is 7.20. The molecule has 3 nitrogen and oxygen atoms in total. The van der Waals surface area contributed by atoms with Gasteiger partial charge >= 0.3 is 0 Å². The van der Waals surface area contributed by atoms with Crippen LogP contribution in [-0.4, -0.2) is 41.9 Å². The minimum atomic E-state index is -0.0238. The van der Waals surface area contributed by atoms with E-state index in [-0.39, 0.29) is 11.8 Å². The van der Waals surface area contributed by atoms with E-state index in [1.165, 1.54) is 19.3 Å². The van der Waals surface area contributed by atoms with E-state index in [1.54, 1.807) is 0 Å². The molecule has 0 aromatic carbocycles. The van der Waals surface area contributed by atoms with Crippen LogP contribution in [-0.2, 0) is 4.79 Å². The average molecular weight is 231 g/mol. The maximum atomic E-state index is 11.2. The summed E-state index contributed by atoms with van der Waals surface area (Å²) in [6.45, 7) is 0. The van der Waals surface area contributed by atoms with Crippen molar-refractivity contribution in [3.05, 3.63) is 0 Å². The van der Waals surface area contributed by atoms with E-state index in [1.807, 2.05) is 0 Å². The highest BCUT2D eigenvalue weighted by Gasteiger charge is 2.36. The van der Waals surface area contributed by atoms with Crippen molar-refractivity contribution in [2.75, 3.05) is 12.9 Å². The summed E-state index contributed by atoms with van der Waals surface area (Å²) in [5.41, 5.74) is 0. The first-order valence-corrected chi connectivity index (χ1v) is 6.31. The lowest BCUT2D eigenvalue weighted by Crippen LogP contribution is -2.55. The lowest BCUT2D eigenvalue weighted by molar-refractivity contribution is -0.120. The van der Waals surface area contributed by atoms with Crippen LogP contribution in [0.15, 0.2) is 0 Å². The van der Waals surface area contributed by atoms with Crippen molar-refractivity contribution in [1.82, 2.24) is 10.2 Å². The van der Waals surface area contributed by atoms with Crippen LogP contribution < -0.4 is 5.32 Å². The first kappa shape index (κ1) is 11.2. The van der Waals surface area contributed by atoms with E-state index >= 15 is 0 Å². The van der Waals surface area contributed by atoms with Crippen LogP contribution >= 0.6 is 11.6 Å². The lowest BCUT2D eigenvalue weighted by atomic mass is 9.82. The molecule has 2 heterocycles. The van der Waals surface area contributed by atoms with Crippen molar-refractivity contribution in [3.63, 3.8) is 0 Å². The minimum Gasteiger partial charge on any atom is -0.352 e. The van der Waals surface area contributed by atoms with E-state index < -0.39 is 0 Å². The average Bonchev–Trinajstić information content (AvgIpc) is 2.19. The number of nitrogens with one attached hydrogen (secondary N) is 1. The highest BCUT2D eigenvalue weighted by atomic mass is 35.5. The molecule has 2 aliphatic rings. The molecule has 0 aromatic heterocycles. The van der Waals surface area contributed by atoms with Crippen molar-refractivity contribution in [1.29, 1.82) is 0 Å². The second kappa shape index (κ2) is 4.71. The standard InChI is InChI=1S/C11H19ClN2O/c1-14-9-3-2-4-10(14)6-8(5-9)13-11(15)7-12/h8-10H,2-7H2,1H3,(H,13,15). The second-order valence-corrected chi connectivity index (χ2v) is 5.04. The fraction of sp³-hybridized carbons (Fsp3) is 0.909. The molecule has 2 fully saturated rings. The van der Waals surface area contributed by atoms with Crippen molar-refractivity contribution in [2.45, 2.75) is 50.2 Å². The molecule has 0 radical (unpaired) electrons. The predicted molar refractivity (Wildman–Crippen MR) is 61.1 cm³/mol. The van der Waals surface area contributed by atoms with E-state index in [2.05, 4.69) is 17.3 Å². The number of hydrogen-bond donors (Lipinski definition) is 1. The maximum Gasteiger partial charge on any atom is 0.235 e. The third kappa shape index (κ3) is 2.45. The summed E-state index contributed by atoms with van der Waals surface area (Å²) >= 11 is 5.50. The molecule has 15 heavy (non-hydrogen) atoms. The van der Waals surface area contributed by atoms with Crippen LogP contribution in [0.3, 0.4) is 0 Å². The zero-order chi connectivity index (χ0) is 10.8. The van der Waals surface area contributed by atoms with Crippen molar-refractivity contribution >= 4 is 17.5 Å². The summed E-state index contributed by atoms with van der Waals surface area (Å²) in [5, 5.41) is 3.02. The molecule has 2 saturated heterocycles. The molecule has 2 aliphatic heterocycles. The summed E-state index contributed by atoms with van der Waals surface area (Å²) in [5.74, 6) is 0.0612. The van der Waals surface area contributed by atoms with Gasteiger partial charge in [-0.25, -0.2) is 0 Å². The Labute approximate surface area is 96.2 Å². The Bertz CT molecular complexity index is 233. The van der Waals surface area contributed by atoms with Gasteiger partial charge in [-0.1, -0.05) is 6.42 Å². The third-order valence-electron chi connectivity index (χ3n) is 3.83.